The SMILES string of the molecule is Cc1cc(S(=O)(=O)N2CCCCC2C)ccc1Cl. The first kappa shape index (κ1) is 13.8. The number of piperidine rings is 1. The number of halogens is 1. The Bertz CT molecular complexity index is 542. The highest BCUT2D eigenvalue weighted by atomic mass is 35.5. The number of hydrogen-bond donors (Lipinski definition) is 0. The molecule has 0 spiro atoms. The van der Waals surface area contributed by atoms with Crippen LogP contribution in [-0.4, -0.2) is 25.3 Å². The lowest BCUT2D eigenvalue weighted by Crippen LogP contribution is -2.41. The lowest BCUT2D eigenvalue weighted by atomic mass is 10.1. The number of nitrogens with zero attached hydrogens (tertiary/aromatic N) is 1. The fourth-order valence-electron chi connectivity index (χ4n) is 2.34. The number of sulfonamides is 1. The van der Waals surface area contributed by atoms with E-state index in [2.05, 4.69) is 0 Å². The molecule has 18 heavy (non-hydrogen) atoms. The summed E-state index contributed by atoms with van der Waals surface area (Å²) >= 11 is 5.94. The molecule has 0 aliphatic carbocycles. The first-order valence-corrected chi connectivity index (χ1v) is 8.03. The molecule has 3 nitrogen and oxygen atoms in total. The third-order valence-electron chi connectivity index (χ3n) is 3.48. The summed E-state index contributed by atoms with van der Waals surface area (Å²) in [6.45, 7) is 4.41. The van der Waals surface area contributed by atoms with Crippen molar-refractivity contribution in [1.29, 1.82) is 0 Å². The van der Waals surface area contributed by atoms with Crippen molar-refractivity contribution in [2.75, 3.05) is 6.54 Å². The minimum absolute atomic E-state index is 0.0831. The first-order chi connectivity index (χ1) is 8.43. The van der Waals surface area contributed by atoms with Gasteiger partial charge < -0.3 is 0 Å². The lowest BCUT2D eigenvalue weighted by Gasteiger charge is -2.32. The molecule has 1 aromatic rings. The summed E-state index contributed by atoms with van der Waals surface area (Å²) < 4.78 is 26.7. The van der Waals surface area contributed by atoms with Crippen LogP contribution < -0.4 is 0 Å². The van der Waals surface area contributed by atoms with Gasteiger partial charge in [0.05, 0.1) is 4.90 Å². The average molecular weight is 288 g/mol. The summed E-state index contributed by atoms with van der Waals surface area (Å²) in [5.41, 5.74) is 0.794. The van der Waals surface area contributed by atoms with Crippen molar-refractivity contribution in [3.8, 4) is 0 Å². The summed E-state index contributed by atoms with van der Waals surface area (Å²) in [7, 11) is -3.38. The number of aryl methyl sites for hydroxylation is 1. The quantitative estimate of drug-likeness (QED) is 0.837. The van der Waals surface area contributed by atoms with E-state index in [0.717, 1.165) is 24.8 Å². The minimum atomic E-state index is -3.38. The Balaban J connectivity index is 2.37. The Morgan fingerprint density at radius 2 is 2.06 bits per heavy atom. The van der Waals surface area contributed by atoms with E-state index in [0.29, 0.717) is 16.5 Å². The first-order valence-electron chi connectivity index (χ1n) is 6.21. The van der Waals surface area contributed by atoms with E-state index in [-0.39, 0.29) is 6.04 Å². The maximum absolute atomic E-state index is 12.5. The van der Waals surface area contributed by atoms with Crippen molar-refractivity contribution in [2.45, 2.75) is 44.0 Å². The second kappa shape index (κ2) is 5.19. The van der Waals surface area contributed by atoms with Crippen LogP contribution in [-0.2, 0) is 10.0 Å². The molecular weight excluding hydrogens is 270 g/mol. The number of hydrogen-bond acceptors (Lipinski definition) is 2. The summed E-state index contributed by atoms with van der Waals surface area (Å²) in [5.74, 6) is 0. The fraction of sp³-hybridized carbons (Fsp3) is 0.538. The Kier molecular flexibility index (Phi) is 3.99. The molecule has 1 saturated heterocycles. The highest BCUT2D eigenvalue weighted by Gasteiger charge is 2.30. The molecule has 5 heteroatoms. The van der Waals surface area contributed by atoms with Crippen molar-refractivity contribution in [3.63, 3.8) is 0 Å². The zero-order chi connectivity index (χ0) is 13.3. The molecule has 2 rings (SSSR count). The molecule has 0 radical (unpaired) electrons. The molecule has 1 atom stereocenters. The van der Waals surface area contributed by atoms with Gasteiger partial charge in [-0.05, 0) is 50.5 Å². The molecule has 0 bridgehead atoms. The van der Waals surface area contributed by atoms with Crippen LogP contribution in [0, 0.1) is 6.92 Å². The van der Waals surface area contributed by atoms with Crippen molar-refractivity contribution in [2.24, 2.45) is 0 Å². The van der Waals surface area contributed by atoms with Gasteiger partial charge in [0.2, 0.25) is 10.0 Å². The molecule has 0 N–H and O–H groups in total. The van der Waals surface area contributed by atoms with Crippen molar-refractivity contribution in [1.82, 2.24) is 4.31 Å². The Morgan fingerprint density at radius 1 is 1.33 bits per heavy atom. The summed E-state index contributed by atoms with van der Waals surface area (Å²) in [5, 5.41) is 0.598. The van der Waals surface area contributed by atoms with E-state index in [4.69, 9.17) is 11.6 Å². The van der Waals surface area contributed by atoms with Gasteiger partial charge in [-0.15, -0.1) is 0 Å². The Labute approximate surface area is 114 Å². The third kappa shape index (κ3) is 2.56. The van der Waals surface area contributed by atoms with Crippen LogP contribution in [0.1, 0.15) is 31.7 Å². The zero-order valence-electron chi connectivity index (χ0n) is 10.7. The van der Waals surface area contributed by atoms with Crippen LogP contribution in [0.25, 0.3) is 0 Å². The topological polar surface area (TPSA) is 37.4 Å². The summed E-state index contributed by atoms with van der Waals surface area (Å²) in [6, 6.07) is 4.98. The highest BCUT2D eigenvalue weighted by Crippen LogP contribution is 2.27. The lowest BCUT2D eigenvalue weighted by molar-refractivity contribution is 0.268. The molecular formula is C13H18ClNO2S. The van der Waals surface area contributed by atoms with Gasteiger partial charge in [-0.2, -0.15) is 4.31 Å². The molecule has 1 aliphatic heterocycles. The third-order valence-corrected chi connectivity index (χ3v) is 5.91. The second-order valence-electron chi connectivity index (χ2n) is 4.87. The van der Waals surface area contributed by atoms with E-state index in [1.165, 1.54) is 0 Å². The average Bonchev–Trinajstić information content (AvgIpc) is 2.33. The van der Waals surface area contributed by atoms with Gasteiger partial charge >= 0.3 is 0 Å². The van der Waals surface area contributed by atoms with E-state index >= 15 is 0 Å². The maximum Gasteiger partial charge on any atom is 0.243 e. The van der Waals surface area contributed by atoms with Crippen LogP contribution >= 0.6 is 11.6 Å². The fourth-order valence-corrected chi connectivity index (χ4v) is 4.24. The van der Waals surface area contributed by atoms with Gasteiger partial charge in [-0.25, -0.2) is 8.42 Å². The van der Waals surface area contributed by atoms with Gasteiger partial charge in [0.25, 0.3) is 0 Å². The smallest absolute Gasteiger partial charge is 0.207 e. The Morgan fingerprint density at radius 3 is 2.67 bits per heavy atom. The van der Waals surface area contributed by atoms with Crippen molar-refractivity contribution < 1.29 is 8.42 Å². The second-order valence-corrected chi connectivity index (χ2v) is 7.17. The maximum atomic E-state index is 12.5. The number of benzene rings is 1. The summed E-state index contributed by atoms with van der Waals surface area (Å²) in [4.78, 5) is 0.346. The van der Waals surface area contributed by atoms with Crippen LogP contribution in [0.5, 0.6) is 0 Å². The zero-order valence-corrected chi connectivity index (χ0v) is 12.3. The molecule has 0 aromatic heterocycles. The minimum Gasteiger partial charge on any atom is -0.207 e. The van der Waals surface area contributed by atoms with Gasteiger partial charge in [0, 0.05) is 17.6 Å². The normalized spacial score (nSPS) is 22.1. The molecule has 1 heterocycles. The van der Waals surface area contributed by atoms with Crippen LogP contribution in [0.3, 0.4) is 0 Å². The summed E-state index contributed by atoms with van der Waals surface area (Å²) in [6.07, 6.45) is 2.98. The molecule has 1 aromatic carbocycles. The molecule has 1 unspecified atom stereocenters. The predicted octanol–water partition coefficient (Wildman–Crippen LogP) is 3.21. The highest BCUT2D eigenvalue weighted by molar-refractivity contribution is 7.89. The number of rotatable bonds is 2. The predicted molar refractivity (Wildman–Crippen MR) is 73.4 cm³/mol. The monoisotopic (exact) mass is 287 g/mol. The molecule has 100 valence electrons. The molecule has 1 fully saturated rings. The molecule has 1 aliphatic rings. The van der Waals surface area contributed by atoms with Crippen LogP contribution in [0.2, 0.25) is 5.02 Å². The van der Waals surface area contributed by atoms with E-state index in [1.54, 1.807) is 22.5 Å². The Hall–Kier alpha value is -0.580. The van der Waals surface area contributed by atoms with E-state index < -0.39 is 10.0 Å². The van der Waals surface area contributed by atoms with E-state index in [1.807, 2.05) is 13.8 Å². The van der Waals surface area contributed by atoms with Crippen molar-refractivity contribution >= 4 is 21.6 Å². The standard InChI is InChI=1S/C13H18ClNO2S/c1-10-9-12(6-7-13(10)14)18(16,17)15-8-4-3-5-11(15)2/h6-7,9,11H,3-5,8H2,1-2H3. The van der Waals surface area contributed by atoms with Crippen LogP contribution in [0.4, 0.5) is 0 Å². The molecule has 0 saturated carbocycles. The van der Waals surface area contributed by atoms with Crippen molar-refractivity contribution in [3.05, 3.63) is 28.8 Å². The largest absolute Gasteiger partial charge is 0.243 e. The van der Waals surface area contributed by atoms with Gasteiger partial charge in [-0.1, -0.05) is 18.0 Å². The molecule has 0 amide bonds. The van der Waals surface area contributed by atoms with E-state index in [9.17, 15) is 8.42 Å². The van der Waals surface area contributed by atoms with Gasteiger partial charge in [-0.3, -0.25) is 0 Å². The van der Waals surface area contributed by atoms with Crippen LogP contribution in [0.15, 0.2) is 23.1 Å². The van der Waals surface area contributed by atoms with Gasteiger partial charge in [0.1, 0.15) is 0 Å². The van der Waals surface area contributed by atoms with Gasteiger partial charge in [0.15, 0.2) is 0 Å².